The molecule has 0 radical (unpaired) electrons. The predicted octanol–water partition coefficient (Wildman–Crippen LogP) is 2.65. The first-order valence-corrected chi connectivity index (χ1v) is 7.21. The van der Waals surface area contributed by atoms with Crippen molar-refractivity contribution >= 4 is 5.69 Å². The summed E-state index contributed by atoms with van der Waals surface area (Å²) in [6, 6.07) is 17.2. The average molecular weight is 294 g/mol. The lowest BCUT2D eigenvalue weighted by Crippen LogP contribution is -2.05. The highest BCUT2D eigenvalue weighted by Crippen LogP contribution is 2.20. The van der Waals surface area contributed by atoms with Gasteiger partial charge in [-0.2, -0.15) is 0 Å². The molecule has 0 bridgehead atoms. The summed E-state index contributed by atoms with van der Waals surface area (Å²) >= 11 is 0. The highest BCUT2D eigenvalue weighted by molar-refractivity contribution is 5.62. The third-order valence-electron chi connectivity index (χ3n) is 3.54. The lowest BCUT2D eigenvalue weighted by Gasteiger charge is -2.10. The minimum absolute atomic E-state index is 0.499. The first-order valence-electron chi connectivity index (χ1n) is 7.21. The highest BCUT2D eigenvalue weighted by atomic mass is 16.3. The number of benzene rings is 2. The molecule has 3 aromatic rings. The molecule has 0 fully saturated rings. The molecule has 1 heterocycles. The van der Waals surface area contributed by atoms with Crippen LogP contribution >= 0.6 is 0 Å². The van der Waals surface area contributed by atoms with E-state index in [2.05, 4.69) is 10.3 Å². The van der Waals surface area contributed by atoms with E-state index < -0.39 is 6.10 Å². The molecular formula is C17H18N4O. The molecule has 3 N–H and O–H groups in total. The highest BCUT2D eigenvalue weighted by Gasteiger charge is 2.09. The molecule has 1 aromatic heterocycles. The Morgan fingerprint density at radius 2 is 1.91 bits per heavy atom. The van der Waals surface area contributed by atoms with Gasteiger partial charge < -0.3 is 10.8 Å². The monoisotopic (exact) mass is 294 g/mol. The Morgan fingerprint density at radius 1 is 1.09 bits per heavy atom. The molecule has 0 aliphatic heterocycles. The van der Waals surface area contributed by atoms with Crippen LogP contribution in [0.4, 0.5) is 5.69 Å². The zero-order valence-corrected chi connectivity index (χ0v) is 12.1. The van der Waals surface area contributed by atoms with Crippen LogP contribution in [0, 0.1) is 0 Å². The van der Waals surface area contributed by atoms with Gasteiger partial charge in [0.05, 0.1) is 12.3 Å². The van der Waals surface area contributed by atoms with Crippen molar-refractivity contribution in [3.05, 3.63) is 66.4 Å². The number of anilines is 1. The molecule has 0 saturated heterocycles. The smallest absolute Gasteiger partial charge is 0.113 e. The van der Waals surface area contributed by atoms with Crippen molar-refractivity contribution in [3.63, 3.8) is 0 Å². The zero-order chi connectivity index (χ0) is 15.4. The van der Waals surface area contributed by atoms with Gasteiger partial charge in [0.2, 0.25) is 0 Å². The van der Waals surface area contributed by atoms with Gasteiger partial charge in [-0.1, -0.05) is 47.7 Å². The number of nitrogens with zero attached hydrogens (tertiary/aromatic N) is 3. The second-order valence-corrected chi connectivity index (χ2v) is 5.21. The average Bonchev–Trinajstić information content (AvgIpc) is 3.02. The largest absolute Gasteiger partial charge is 0.399 e. The van der Waals surface area contributed by atoms with Gasteiger partial charge in [0.25, 0.3) is 0 Å². The second kappa shape index (κ2) is 6.41. The standard InChI is InChI=1S/C17H18N4O/c18-15-8-4-7-14(11-15)16-12-21(20-19-16)10-9-17(22)13-5-2-1-3-6-13/h1-8,11-12,17,22H,9-10,18H2/t17-/m1/s1. The molecule has 1 atom stereocenters. The van der Waals surface area contributed by atoms with Gasteiger partial charge in [0.1, 0.15) is 5.69 Å². The minimum atomic E-state index is -0.499. The summed E-state index contributed by atoms with van der Waals surface area (Å²) in [4.78, 5) is 0. The molecule has 112 valence electrons. The van der Waals surface area contributed by atoms with Crippen LogP contribution in [-0.2, 0) is 6.54 Å². The summed E-state index contributed by atoms with van der Waals surface area (Å²) in [6.07, 6.45) is 1.96. The fourth-order valence-electron chi connectivity index (χ4n) is 2.33. The topological polar surface area (TPSA) is 77.0 Å². The number of aryl methyl sites for hydroxylation is 1. The van der Waals surface area contributed by atoms with E-state index in [1.165, 1.54) is 0 Å². The number of aliphatic hydroxyl groups is 1. The number of rotatable bonds is 5. The number of hydrogen-bond donors (Lipinski definition) is 2. The van der Waals surface area contributed by atoms with E-state index in [1.807, 2.05) is 60.8 Å². The summed E-state index contributed by atoms with van der Waals surface area (Å²) < 4.78 is 1.74. The van der Waals surface area contributed by atoms with Gasteiger partial charge in [0, 0.05) is 17.8 Å². The van der Waals surface area contributed by atoms with Gasteiger partial charge in [-0.3, -0.25) is 4.68 Å². The summed E-state index contributed by atoms with van der Waals surface area (Å²) in [5, 5.41) is 18.4. The number of aromatic nitrogens is 3. The lowest BCUT2D eigenvalue weighted by atomic mass is 10.1. The molecule has 0 saturated carbocycles. The Labute approximate surface area is 129 Å². The van der Waals surface area contributed by atoms with Crippen molar-refractivity contribution in [1.29, 1.82) is 0 Å². The molecule has 0 unspecified atom stereocenters. The SMILES string of the molecule is Nc1cccc(-c2cn(CC[C@@H](O)c3ccccc3)nn2)c1. The number of nitrogens with two attached hydrogens (primary N) is 1. The molecule has 0 aliphatic rings. The zero-order valence-electron chi connectivity index (χ0n) is 12.1. The molecule has 5 heteroatoms. The molecule has 22 heavy (non-hydrogen) atoms. The maximum absolute atomic E-state index is 10.2. The summed E-state index contributed by atoms with van der Waals surface area (Å²) in [5.41, 5.74) is 9.11. The lowest BCUT2D eigenvalue weighted by molar-refractivity contribution is 0.159. The van der Waals surface area contributed by atoms with Crippen LogP contribution in [0.15, 0.2) is 60.8 Å². The maximum atomic E-state index is 10.2. The molecule has 2 aromatic carbocycles. The Bertz CT molecular complexity index is 739. The van der Waals surface area contributed by atoms with Crippen LogP contribution in [0.25, 0.3) is 11.3 Å². The molecule has 0 amide bonds. The van der Waals surface area contributed by atoms with Crippen LogP contribution < -0.4 is 5.73 Å². The number of nitrogen functional groups attached to an aromatic ring is 1. The Balaban J connectivity index is 1.65. The predicted molar refractivity (Wildman–Crippen MR) is 85.9 cm³/mol. The Morgan fingerprint density at radius 3 is 2.68 bits per heavy atom. The second-order valence-electron chi connectivity index (χ2n) is 5.21. The first-order chi connectivity index (χ1) is 10.7. The third-order valence-corrected chi connectivity index (χ3v) is 3.54. The van der Waals surface area contributed by atoms with E-state index in [-0.39, 0.29) is 0 Å². The van der Waals surface area contributed by atoms with Crippen LogP contribution in [0.5, 0.6) is 0 Å². The van der Waals surface area contributed by atoms with Crippen LogP contribution in [-0.4, -0.2) is 20.1 Å². The van der Waals surface area contributed by atoms with E-state index in [9.17, 15) is 5.11 Å². The number of aliphatic hydroxyl groups excluding tert-OH is 1. The maximum Gasteiger partial charge on any atom is 0.113 e. The van der Waals surface area contributed by atoms with Crippen LogP contribution in [0.2, 0.25) is 0 Å². The molecule has 0 spiro atoms. The van der Waals surface area contributed by atoms with E-state index in [4.69, 9.17) is 5.73 Å². The van der Waals surface area contributed by atoms with E-state index in [1.54, 1.807) is 4.68 Å². The van der Waals surface area contributed by atoms with Crippen LogP contribution in [0.1, 0.15) is 18.1 Å². The fourth-order valence-corrected chi connectivity index (χ4v) is 2.33. The van der Waals surface area contributed by atoms with Crippen molar-refractivity contribution in [2.24, 2.45) is 0 Å². The van der Waals surface area contributed by atoms with Crippen LogP contribution in [0.3, 0.4) is 0 Å². The number of hydrogen-bond acceptors (Lipinski definition) is 4. The normalized spacial score (nSPS) is 12.2. The molecule has 5 nitrogen and oxygen atoms in total. The summed E-state index contributed by atoms with van der Waals surface area (Å²) in [5.74, 6) is 0. The summed E-state index contributed by atoms with van der Waals surface area (Å²) in [7, 11) is 0. The van der Waals surface area contributed by atoms with Gasteiger partial charge in [-0.05, 0) is 24.1 Å². The fraction of sp³-hybridized carbons (Fsp3) is 0.176. The van der Waals surface area contributed by atoms with Gasteiger partial charge >= 0.3 is 0 Å². The van der Waals surface area contributed by atoms with Gasteiger partial charge in [-0.25, -0.2) is 0 Å². The van der Waals surface area contributed by atoms with Crippen molar-refractivity contribution in [2.75, 3.05) is 5.73 Å². The van der Waals surface area contributed by atoms with Crippen molar-refractivity contribution in [1.82, 2.24) is 15.0 Å². The van der Waals surface area contributed by atoms with Crippen molar-refractivity contribution in [2.45, 2.75) is 19.1 Å². The Hall–Kier alpha value is -2.66. The first kappa shape index (κ1) is 14.3. The third kappa shape index (κ3) is 3.32. The minimum Gasteiger partial charge on any atom is -0.399 e. The van der Waals surface area contributed by atoms with E-state index in [0.717, 1.165) is 16.8 Å². The quantitative estimate of drug-likeness (QED) is 0.709. The molecule has 0 aliphatic carbocycles. The van der Waals surface area contributed by atoms with Crippen molar-refractivity contribution < 1.29 is 5.11 Å². The summed E-state index contributed by atoms with van der Waals surface area (Å²) in [6.45, 7) is 0.603. The van der Waals surface area contributed by atoms with Crippen molar-refractivity contribution in [3.8, 4) is 11.3 Å². The Kier molecular flexibility index (Phi) is 4.16. The van der Waals surface area contributed by atoms with Gasteiger partial charge in [0.15, 0.2) is 0 Å². The molecular weight excluding hydrogens is 276 g/mol. The van der Waals surface area contributed by atoms with E-state index >= 15 is 0 Å². The molecule has 3 rings (SSSR count). The van der Waals surface area contributed by atoms with Gasteiger partial charge in [-0.15, -0.1) is 5.10 Å². The van der Waals surface area contributed by atoms with E-state index in [0.29, 0.717) is 18.7 Å².